The molecule has 1 unspecified atom stereocenters. The molecule has 0 saturated heterocycles. The molecule has 148 valence electrons. The lowest BCUT2D eigenvalue weighted by molar-refractivity contribution is -0.384. The zero-order valence-electron chi connectivity index (χ0n) is 15.1. The van der Waals surface area contributed by atoms with Gasteiger partial charge in [0.15, 0.2) is 11.5 Å². The van der Waals surface area contributed by atoms with E-state index in [0.29, 0.717) is 42.7 Å². The first-order valence-electron chi connectivity index (χ1n) is 8.71. The molecule has 9 heteroatoms. The van der Waals surface area contributed by atoms with Crippen LogP contribution < -0.4 is 14.8 Å². The highest BCUT2D eigenvalue weighted by atomic mass is 35.5. The Bertz CT molecular complexity index is 875. The molecule has 0 fully saturated rings. The molecule has 0 saturated carbocycles. The van der Waals surface area contributed by atoms with Crippen molar-refractivity contribution < 1.29 is 19.2 Å². The molecule has 1 heterocycles. The van der Waals surface area contributed by atoms with Crippen LogP contribution in [0.4, 0.5) is 5.69 Å². The second kappa shape index (κ2) is 9.16. The Kier molecular flexibility index (Phi) is 6.64. The highest BCUT2D eigenvalue weighted by Gasteiger charge is 2.18. The fourth-order valence-corrected chi connectivity index (χ4v) is 3.87. The van der Waals surface area contributed by atoms with Crippen molar-refractivity contribution in [2.45, 2.75) is 23.5 Å². The summed E-state index contributed by atoms with van der Waals surface area (Å²) >= 11 is 7.57. The van der Waals surface area contributed by atoms with Crippen molar-refractivity contribution in [1.29, 1.82) is 0 Å². The molecule has 7 nitrogen and oxygen atoms in total. The Morgan fingerprint density at radius 3 is 2.71 bits per heavy atom. The predicted octanol–water partition coefficient (Wildman–Crippen LogP) is 3.86. The summed E-state index contributed by atoms with van der Waals surface area (Å²) in [7, 11) is 0. The number of fused-ring (bicyclic) bond motifs is 1. The minimum absolute atomic E-state index is 0.0274. The van der Waals surface area contributed by atoms with E-state index in [2.05, 4.69) is 5.32 Å². The summed E-state index contributed by atoms with van der Waals surface area (Å²) in [5.74, 6) is 1.09. The number of amides is 1. The van der Waals surface area contributed by atoms with E-state index in [1.165, 1.54) is 23.9 Å². The molecule has 2 aromatic carbocycles. The maximum atomic E-state index is 12.3. The van der Waals surface area contributed by atoms with Crippen molar-refractivity contribution in [3.8, 4) is 11.5 Å². The predicted molar refractivity (Wildman–Crippen MR) is 108 cm³/mol. The summed E-state index contributed by atoms with van der Waals surface area (Å²) < 4.78 is 11.1. The number of carbonyl (C=O) groups excluding carboxylic acids is 1. The van der Waals surface area contributed by atoms with Crippen molar-refractivity contribution in [1.82, 2.24) is 5.32 Å². The second-order valence-corrected chi connectivity index (χ2v) is 7.98. The summed E-state index contributed by atoms with van der Waals surface area (Å²) in [4.78, 5) is 23.3. The lowest BCUT2D eigenvalue weighted by atomic mass is 10.1. The molecule has 0 spiro atoms. The van der Waals surface area contributed by atoms with Crippen molar-refractivity contribution in [3.05, 3.63) is 57.1 Å². The zero-order chi connectivity index (χ0) is 20.1. The number of nitro benzene ring substituents is 1. The van der Waals surface area contributed by atoms with Gasteiger partial charge in [0.25, 0.3) is 5.69 Å². The van der Waals surface area contributed by atoms with E-state index in [4.69, 9.17) is 21.1 Å². The molecule has 0 aromatic heterocycles. The zero-order valence-corrected chi connectivity index (χ0v) is 16.7. The smallest absolute Gasteiger partial charge is 0.269 e. The Morgan fingerprint density at radius 2 is 2.00 bits per heavy atom. The minimum Gasteiger partial charge on any atom is -0.486 e. The highest BCUT2D eigenvalue weighted by molar-refractivity contribution is 8.00. The third-order valence-corrected chi connectivity index (χ3v) is 5.49. The summed E-state index contributed by atoms with van der Waals surface area (Å²) in [6.07, 6.45) is 0.608. The van der Waals surface area contributed by atoms with Crippen molar-refractivity contribution in [3.63, 3.8) is 0 Å². The number of nitrogens with zero attached hydrogens (tertiary/aromatic N) is 1. The topological polar surface area (TPSA) is 90.7 Å². The number of rotatable bonds is 7. The summed E-state index contributed by atoms with van der Waals surface area (Å²) in [6.45, 7) is 3.22. The number of carbonyl (C=O) groups is 1. The third kappa shape index (κ3) is 5.08. The molecular formula is C19H19ClN2O5S. The molecule has 2 aromatic rings. The Labute approximate surface area is 171 Å². The van der Waals surface area contributed by atoms with Gasteiger partial charge in [0.2, 0.25) is 5.91 Å². The maximum Gasteiger partial charge on any atom is 0.269 e. The van der Waals surface area contributed by atoms with E-state index < -0.39 is 4.92 Å². The standard InChI is InChI=1S/C19H19ClN2O5S/c1-12(28-15-4-2-14(3-5-15)22(24)25)19(23)21-7-6-13-10-16(20)18-17(11-13)26-8-9-27-18/h2-5,10-12H,6-9H2,1H3,(H,21,23). The van der Waals surface area contributed by atoms with Crippen LogP contribution in [0.15, 0.2) is 41.3 Å². The van der Waals surface area contributed by atoms with Gasteiger partial charge in [-0.1, -0.05) is 11.6 Å². The fourth-order valence-electron chi connectivity index (χ4n) is 2.69. The van der Waals surface area contributed by atoms with Crippen LogP contribution in [-0.2, 0) is 11.2 Å². The normalized spacial score (nSPS) is 13.6. The average molecular weight is 423 g/mol. The lowest BCUT2D eigenvalue weighted by Crippen LogP contribution is -2.32. The van der Waals surface area contributed by atoms with Crippen LogP contribution in [0.2, 0.25) is 5.02 Å². The van der Waals surface area contributed by atoms with Crippen LogP contribution in [0.25, 0.3) is 0 Å². The first-order valence-corrected chi connectivity index (χ1v) is 9.96. The monoisotopic (exact) mass is 422 g/mol. The largest absolute Gasteiger partial charge is 0.486 e. The van der Waals surface area contributed by atoms with Crippen LogP contribution in [-0.4, -0.2) is 35.8 Å². The molecule has 1 aliphatic rings. The third-order valence-electron chi connectivity index (χ3n) is 4.10. The van der Waals surface area contributed by atoms with Crippen LogP contribution >= 0.6 is 23.4 Å². The molecule has 0 aliphatic carbocycles. The number of ether oxygens (including phenoxy) is 2. The van der Waals surface area contributed by atoms with E-state index in [1.807, 2.05) is 12.1 Å². The minimum atomic E-state index is -0.450. The number of halogens is 1. The maximum absolute atomic E-state index is 12.3. The van der Waals surface area contributed by atoms with E-state index in [1.54, 1.807) is 19.1 Å². The number of benzene rings is 2. The number of hydrogen-bond donors (Lipinski definition) is 1. The second-order valence-electron chi connectivity index (χ2n) is 6.15. The molecule has 1 aliphatic heterocycles. The Hall–Kier alpha value is -2.45. The van der Waals surface area contributed by atoms with Gasteiger partial charge in [-0.3, -0.25) is 14.9 Å². The van der Waals surface area contributed by atoms with Gasteiger partial charge in [-0.15, -0.1) is 11.8 Å². The fraction of sp³-hybridized carbons (Fsp3) is 0.316. The van der Waals surface area contributed by atoms with E-state index in [-0.39, 0.29) is 16.8 Å². The molecule has 1 N–H and O–H groups in total. The summed E-state index contributed by atoms with van der Waals surface area (Å²) in [6, 6.07) is 9.84. The molecule has 1 atom stereocenters. The van der Waals surface area contributed by atoms with E-state index in [0.717, 1.165) is 10.5 Å². The lowest BCUT2D eigenvalue weighted by Gasteiger charge is -2.20. The van der Waals surface area contributed by atoms with Gasteiger partial charge in [0, 0.05) is 23.6 Å². The molecule has 3 rings (SSSR count). The molecule has 1 amide bonds. The van der Waals surface area contributed by atoms with Gasteiger partial charge in [0.05, 0.1) is 15.2 Å². The SMILES string of the molecule is CC(Sc1ccc([N+](=O)[O-])cc1)C(=O)NCCc1cc(Cl)c2c(c1)OCCO2. The molecule has 0 radical (unpaired) electrons. The molecular weight excluding hydrogens is 404 g/mol. The van der Waals surface area contributed by atoms with Crippen LogP contribution in [0.3, 0.4) is 0 Å². The highest BCUT2D eigenvalue weighted by Crippen LogP contribution is 2.38. The van der Waals surface area contributed by atoms with Crippen LogP contribution in [0.1, 0.15) is 12.5 Å². The number of nitro groups is 1. The van der Waals surface area contributed by atoms with Crippen molar-refractivity contribution >= 4 is 35.0 Å². The Morgan fingerprint density at radius 1 is 1.29 bits per heavy atom. The Balaban J connectivity index is 1.50. The van der Waals surface area contributed by atoms with Gasteiger partial charge < -0.3 is 14.8 Å². The number of nitrogens with one attached hydrogen (secondary N) is 1. The number of hydrogen-bond acceptors (Lipinski definition) is 6. The van der Waals surface area contributed by atoms with Gasteiger partial charge in [-0.2, -0.15) is 0 Å². The quantitative estimate of drug-likeness (QED) is 0.414. The van der Waals surface area contributed by atoms with Gasteiger partial charge in [-0.25, -0.2) is 0 Å². The first kappa shape index (κ1) is 20.3. The van der Waals surface area contributed by atoms with Crippen LogP contribution in [0, 0.1) is 10.1 Å². The van der Waals surface area contributed by atoms with Gasteiger partial charge >= 0.3 is 0 Å². The summed E-state index contributed by atoms with van der Waals surface area (Å²) in [5.41, 5.74) is 0.977. The van der Waals surface area contributed by atoms with E-state index in [9.17, 15) is 14.9 Å². The first-order chi connectivity index (χ1) is 13.4. The van der Waals surface area contributed by atoms with E-state index >= 15 is 0 Å². The van der Waals surface area contributed by atoms with Crippen molar-refractivity contribution in [2.24, 2.45) is 0 Å². The molecule has 0 bridgehead atoms. The number of non-ortho nitro benzene ring substituents is 1. The molecule has 28 heavy (non-hydrogen) atoms. The summed E-state index contributed by atoms with van der Waals surface area (Å²) in [5, 5.41) is 13.8. The van der Waals surface area contributed by atoms with Gasteiger partial charge in [-0.05, 0) is 43.2 Å². The van der Waals surface area contributed by atoms with Gasteiger partial charge in [0.1, 0.15) is 13.2 Å². The number of thioether (sulfide) groups is 1. The van der Waals surface area contributed by atoms with Crippen molar-refractivity contribution in [2.75, 3.05) is 19.8 Å². The van der Waals surface area contributed by atoms with Crippen LogP contribution in [0.5, 0.6) is 11.5 Å². The average Bonchev–Trinajstić information content (AvgIpc) is 2.68.